The van der Waals surface area contributed by atoms with Gasteiger partial charge in [0, 0.05) is 11.5 Å². The number of nitriles is 2. The molecular weight excluding hydrogens is 324 g/mol. The molecule has 128 valence electrons. The Morgan fingerprint density at radius 2 is 2.00 bits per heavy atom. The number of rotatable bonds is 4. The summed E-state index contributed by atoms with van der Waals surface area (Å²) in [5.41, 5.74) is -0.533. The van der Waals surface area contributed by atoms with E-state index < -0.39 is 22.5 Å². The van der Waals surface area contributed by atoms with Gasteiger partial charge < -0.3 is 10.6 Å². The van der Waals surface area contributed by atoms with E-state index in [9.17, 15) is 20.1 Å². The lowest BCUT2D eigenvalue weighted by molar-refractivity contribution is -0.125. The summed E-state index contributed by atoms with van der Waals surface area (Å²) in [7, 11) is 0. The predicted molar refractivity (Wildman–Crippen MR) is 91.1 cm³/mol. The number of hydrogen-bond acceptors (Lipinski definition) is 5. The molecule has 0 aromatic rings. The summed E-state index contributed by atoms with van der Waals surface area (Å²) >= 11 is 1.17. The summed E-state index contributed by atoms with van der Waals surface area (Å²) in [6.45, 7) is 5.18. The van der Waals surface area contributed by atoms with E-state index in [-0.39, 0.29) is 11.9 Å². The van der Waals surface area contributed by atoms with Crippen LogP contribution in [0.1, 0.15) is 46.5 Å². The zero-order chi connectivity index (χ0) is 17.9. The first-order chi connectivity index (χ1) is 11.3. The van der Waals surface area contributed by atoms with Crippen LogP contribution in [0.4, 0.5) is 0 Å². The van der Waals surface area contributed by atoms with Crippen LogP contribution in [0.15, 0.2) is 10.6 Å². The van der Waals surface area contributed by atoms with Crippen molar-refractivity contribution in [2.45, 2.75) is 57.7 Å². The average molecular weight is 346 g/mol. The first kappa shape index (κ1) is 18.4. The van der Waals surface area contributed by atoms with E-state index in [1.165, 1.54) is 11.8 Å². The molecule has 1 saturated carbocycles. The van der Waals surface area contributed by atoms with Gasteiger partial charge >= 0.3 is 0 Å². The van der Waals surface area contributed by atoms with Crippen LogP contribution in [0.5, 0.6) is 0 Å². The highest BCUT2D eigenvalue weighted by Gasteiger charge is 2.45. The molecule has 24 heavy (non-hydrogen) atoms. The van der Waals surface area contributed by atoms with E-state index in [4.69, 9.17) is 0 Å². The first-order valence-electron chi connectivity index (χ1n) is 8.13. The van der Waals surface area contributed by atoms with Crippen LogP contribution in [-0.2, 0) is 9.59 Å². The third kappa shape index (κ3) is 3.57. The predicted octanol–water partition coefficient (Wildman–Crippen LogP) is 2.20. The van der Waals surface area contributed by atoms with Crippen molar-refractivity contribution in [2.24, 2.45) is 11.3 Å². The van der Waals surface area contributed by atoms with Crippen molar-refractivity contribution < 1.29 is 9.59 Å². The van der Waals surface area contributed by atoms with E-state index >= 15 is 0 Å². The molecule has 1 fully saturated rings. The molecule has 0 saturated heterocycles. The Morgan fingerprint density at radius 1 is 1.38 bits per heavy atom. The maximum absolute atomic E-state index is 12.3. The van der Waals surface area contributed by atoms with Gasteiger partial charge in [0.1, 0.15) is 5.92 Å². The van der Waals surface area contributed by atoms with Gasteiger partial charge in [-0.1, -0.05) is 38.5 Å². The number of nitrogens with one attached hydrogen (secondary N) is 2. The van der Waals surface area contributed by atoms with Crippen LogP contribution < -0.4 is 10.6 Å². The Labute approximate surface area is 146 Å². The number of carbonyl (C=O) groups excluding carboxylic acids is 2. The minimum absolute atomic E-state index is 0.0915. The van der Waals surface area contributed by atoms with Crippen molar-refractivity contribution in [1.82, 2.24) is 10.6 Å². The number of thioether (sulfide) groups is 1. The van der Waals surface area contributed by atoms with Crippen LogP contribution in [0, 0.1) is 34.0 Å². The van der Waals surface area contributed by atoms with Crippen molar-refractivity contribution in [3.63, 3.8) is 0 Å². The van der Waals surface area contributed by atoms with Gasteiger partial charge in [0.05, 0.1) is 28.0 Å². The number of nitrogens with zero attached hydrogens (tertiary/aromatic N) is 2. The van der Waals surface area contributed by atoms with Crippen LogP contribution in [0.2, 0.25) is 0 Å². The lowest BCUT2D eigenvalue weighted by Gasteiger charge is -2.35. The van der Waals surface area contributed by atoms with Gasteiger partial charge in [-0.25, -0.2) is 0 Å². The fraction of sp³-hybridized carbons (Fsp3) is 0.647. The lowest BCUT2D eigenvalue weighted by atomic mass is 9.72. The molecule has 2 N–H and O–H groups in total. The Morgan fingerprint density at radius 3 is 2.54 bits per heavy atom. The SMILES string of the molecule is C[C@@H](SC1=C(C#N)C(C)(C)[C@@H](C#N)C(=O)N1)C(=O)NC1CCCC1. The summed E-state index contributed by atoms with van der Waals surface area (Å²) in [6.07, 6.45) is 4.28. The second-order valence-corrected chi connectivity index (χ2v) is 8.19. The van der Waals surface area contributed by atoms with Crippen molar-refractivity contribution in [1.29, 1.82) is 10.5 Å². The fourth-order valence-electron chi connectivity index (χ4n) is 3.13. The Hall–Kier alpha value is -1.99. The van der Waals surface area contributed by atoms with E-state index in [0.717, 1.165) is 25.7 Å². The molecule has 7 heteroatoms. The second-order valence-electron chi connectivity index (χ2n) is 6.84. The molecule has 2 atom stereocenters. The van der Waals surface area contributed by atoms with Crippen molar-refractivity contribution >= 4 is 23.6 Å². The molecule has 0 aromatic heterocycles. The topological polar surface area (TPSA) is 106 Å². The molecule has 2 amide bonds. The lowest BCUT2D eigenvalue weighted by Crippen LogP contribution is -2.45. The van der Waals surface area contributed by atoms with Crippen LogP contribution in [0.25, 0.3) is 0 Å². The standard InChI is InChI=1S/C17H22N4O2S/c1-10(14(22)20-11-6-4-5-7-11)24-16-13(9-19)17(2,3)12(8-18)15(23)21-16/h10-12H,4-7H2,1-3H3,(H,20,22)(H,21,23)/t10-,12+/m1/s1. The Balaban J connectivity index is 2.15. The minimum atomic E-state index is -0.917. The molecule has 2 rings (SSSR count). The zero-order valence-electron chi connectivity index (χ0n) is 14.2. The van der Waals surface area contributed by atoms with Crippen LogP contribution in [-0.4, -0.2) is 23.1 Å². The largest absolute Gasteiger partial charge is 0.352 e. The third-order valence-electron chi connectivity index (χ3n) is 4.70. The average Bonchev–Trinajstić information content (AvgIpc) is 2.99. The Kier molecular flexibility index (Phi) is 5.56. The van der Waals surface area contributed by atoms with Gasteiger partial charge in [-0.15, -0.1) is 0 Å². The summed E-state index contributed by atoms with van der Waals surface area (Å²) in [4.78, 5) is 24.5. The molecule has 0 radical (unpaired) electrons. The van der Waals surface area contributed by atoms with E-state index in [1.807, 2.05) is 6.07 Å². The van der Waals surface area contributed by atoms with Gasteiger partial charge in [0.2, 0.25) is 11.8 Å². The quantitative estimate of drug-likeness (QED) is 0.812. The first-order valence-corrected chi connectivity index (χ1v) is 9.01. The molecule has 1 aliphatic carbocycles. The molecule has 6 nitrogen and oxygen atoms in total. The van der Waals surface area contributed by atoms with E-state index in [2.05, 4.69) is 16.7 Å². The van der Waals surface area contributed by atoms with E-state index in [0.29, 0.717) is 10.6 Å². The summed E-state index contributed by atoms with van der Waals surface area (Å²) in [6, 6.07) is 4.30. The maximum atomic E-state index is 12.3. The van der Waals surface area contributed by atoms with E-state index in [1.54, 1.807) is 20.8 Å². The highest BCUT2D eigenvalue weighted by Crippen LogP contribution is 2.42. The van der Waals surface area contributed by atoms with Gasteiger partial charge in [-0.3, -0.25) is 9.59 Å². The molecule has 0 aromatic carbocycles. The molecule has 0 bridgehead atoms. The maximum Gasteiger partial charge on any atom is 0.243 e. The summed E-state index contributed by atoms with van der Waals surface area (Å²) < 4.78 is 0. The van der Waals surface area contributed by atoms with Gasteiger partial charge in [-0.05, 0) is 19.8 Å². The summed E-state index contributed by atoms with van der Waals surface area (Å²) in [5, 5.41) is 24.3. The number of carbonyl (C=O) groups is 2. The van der Waals surface area contributed by atoms with Gasteiger partial charge in [-0.2, -0.15) is 10.5 Å². The number of allylic oxidation sites excluding steroid dienone is 1. The smallest absolute Gasteiger partial charge is 0.243 e. The van der Waals surface area contributed by atoms with Crippen LogP contribution >= 0.6 is 11.8 Å². The Bertz CT molecular complexity index is 650. The number of amides is 2. The van der Waals surface area contributed by atoms with Gasteiger partial charge in [0.25, 0.3) is 0 Å². The molecule has 0 spiro atoms. The molecule has 1 aliphatic heterocycles. The van der Waals surface area contributed by atoms with Gasteiger partial charge in [0.15, 0.2) is 0 Å². The van der Waals surface area contributed by atoms with Crippen LogP contribution in [0.3, 0.4) is 0 Å². The van der Waals surface area contributed by atoms with Crippen molar-refractivity contribution in [2.75, 3.05) is 0 Å². The second kappa shape index (κ2) is 7.27. The monoisotopic (exact) mass is 346 g/mol. The minimum Gasteiger partial charge on any atom is -0.352 e. The van der Waals surface area contributed by atoms with Crippen molar-refractivity contribution in [3.05, 3.63) is 10.6 Å². The molecule has 1 heterocycles. The number of hydrogen-bond donors (Lipinski definition) is 2. The zero-order valence-corrected chi connectivity index (χ0v) is 15.0. The fourth-order valence-corrected chi connectivity index (χ4v) is 4.25. The third-order valence-corrected chi connectivity index (χ3v) is 5.81. The highest BCUT2D eigenvalue weighted by molar-refractivity contribution is 8.04. The van der Waals surface area contributed by atoms with Crippen molar-refractivity contribution in [3.8, 4) is 12.1 Å². The molecular formula is C17H22N4O2S. The highest BCUT2D eigenvalue weighted by atomic mass is 32.2. The molecule has 0 unspecified atom stereocenters. The normalized spacial score (nSPS) is 24.7. The molecule has 2 aliphatic rings. The summed E-state index contributed by atoms with van der Waals surface area (Å²) in [5.74, 6) is -1.43.